The molecule has 0 aliphatic carbocycles. The predicted octanol–water partition coefficient (Wildman–Crippen LogP) is 0.00660. The number of hydrogen-bond donors (Lipinski definition) is 2. The highest BCUT2D eigenvalue weighted by molar-refractivity contribution is 5.92. The van der Waals surface area contributed by atoms with Crippen LogP contribution < -0.4 is 0 Å². The Balaban J connectivity index is 1.98. The first-order valence-corrected chi connectivity index (χ1v) is 4.66. The van der Waals surface area contributed by atoms with E-state index in [-0.39, 0.29) is 5.91 Å². The van der Waals surface area contributed by atoms with E-state index in [0.717, 1.165) is 0 Å². The topological polar surface area (TPSA) is 69.2 Å². The molecule has 1 aliphatic heterocycles. The van der Waals surface area contributed by atoms with E-state index in [1.165, 1.54) is 0 Å². The van der Waals surface area contributed by atoms with Crippen LogP contribution in [0.3, 0.4) is 0 Å². The van der Waals surface area contributed by atoms with Gasteiger partial charge in [0.05, 0.1) is 18.7 Å². The van der Waals surface area contributed by atoms with Crippen molar-refractivity contribution in [1.82, 2.24) is 15.1 Å². The largest absolute Gasteiger partial charge is 0.386 e. The van der Waals surface area contributed by atoms with Crippen molar-refractivity contribution in [1.29, 1.82) is 0 Å². The van der Waals surface area contributed by atoms with Crippen LogP contribution in [0.2, 0.25) is 0 Å². The molecule has 0 unspecified atom stereocenters. The standard InChI is InChI=1S/C9H13N3O2/c1-2-9(14)5-12(6-9)8(13)7-3-4-10-11-7/h3-4,14H,2,5-6H2,1H3,(H,10,11). The van der Waals surface area contributed by atoms with Crippen LogP contribution in [-0.4, -0.2) is 44.8 Å². The van der Waals surface area contributed by atoms with Gasteiger partial charge in [0, 0.05) is 6.20 Å². The van der Waals surface area contributed by atoms with E-state index < -0.39 is 5.60 Å². The minimum atomic E-state index is -0.671. The first-order chi connectivity index (χ1) is 6.64. The number of carbonyl (C=O) groups is 1. The minimum absolute atomic E-state index is 0.0966. The maximum Gasteiger partial charge on any atom is 0.272 e. The lowest BCUT2D eigenvalue weighted by Gasteiger charge is -2.45. The number of rotatable bonds is 2. The van der Waals surface area contributed by atoms with Crippen molar-refractivity contribution in [3.05, 3.63) is 18.0 Å². The molecule has 1 saturated heterocycles. The van der Waals surface area contributed by atoms with Gasteiger partial charge in [-0.25, -0.2) is 0 Å². The molecule has 76 valence electrons. The summed E-state index contributed by atoms with van der Waals surface area (Å²) in [6.07, 6.45) is 2.22. The number of nitrogens with one attached hydrogen (secondary N) is 1. The molecule has 2 rings (SSSR count). The molecule has 0 aromatic carbocycles. The molecule has 0 bridgehead atoms. The molecular formula is C9H13N3O2. The number of β-amino-alcohol motifs (C(OH)–C–C–N with tert-alkyl or cyclic N) is 1. The van der Waals surface area contributed by atoms with Crippen molar-refractivity contribution >= 4 is 5.91 Å². The summed E-state index contributed by atoms with van der Waals surface area (Å²) in [6.45, 7) is 2.75. The molecule has 0 radical (unpaired) electrons. The van der Waals surface area contributed by atoms with Crippen molar-refractivity contribution in [2.45, 2.75) is 18.9 Å². The molecule has 0 atom stereocenters. The van der Waals surface area contributed by atoms with Crippen LogP contribution in [0.15, 0.2) is 12.3 Å². The van der Waals surface area contributed by atoms with Gasteiger partial charge >= 0.3 is 0 Å². The van der Waals surface area contributed by atoms with E-state index in [1.54, 1.807) is 17.2 Å². The molecule has 2 N–H and O–H groups in total. The molecule has 1 fully saturated rings. The smallest absolute Gasteiger partial charge is 0.272 e. The first kappa shape index (κ1) is 9.21. The zero-order valence-corrected chi connectivity index (χ0v) is 8.03. The van der Waals surface area contributed by atoms with Gasteiger partial charge in [-0.1, -0.05) is 6.92 Å². The Kier molecular flexibility index (Phi) is 2.03. The van der Waals surface area contributed by atoms with Crippen molar-refractivity contribution in [2.75, 3.05) is 13.1 Å². The highest BCUT2D eigenvalue weighted by atomic mass is 16.3. The van der Waals surface area contributed by atoms with Gasteiger partial charge in [-0.3, -0.25) is 9.89 Å². The normalized spacial score (nSPS) is 19.1. The van der Waals surface area contributed by atoms with Crippen LogP contribution in [0, 0.1) is 0 Å². The van der Waals surface area contributed by atoms with E-state index in [2.05, 4.69) is 10.2 Å². The van der Waals surface area contributed by atoms with Crippen molar-refractivity contribution in [3.63, 3.8) is 0 Å². The third kappa shape index (κ3) is 1.39. The molecule has 1 aromatic heterocycles. The van der Waals surface area contributed by atoms with Gasteiger partial charge in [0.1, 0.15) is 5.69 Å². The van der Waals surface area contributed by atoms with Gasteiger partial charge in [-0.2, -0.15) is 5.10 Å². The quantitative estimate of drug-likeness (QED) is 0.698. The fourth-order valence-corrected chi connectivity index (χ4v) is 1.58. The number of aromatic nitrogens is 2. The van der Waals surface area contributed by atoms with Gasteiger partial charge in [0.15, 0.2) is 0 Å². The summed E-state index contributed by atoms with van der Waals surface area (Å²) in [5, 5.41) is 16.0. The van der Waals surface area contributed by atoms with E-state index in [0.29, 0.717) is 25.2 Å². The number of aliphatic hydroxyl groups is 1. The van der Waals surface area contributed by atoms with Gasteiger partial charge in [-0.05, 0) is 12.5 Å². The maximum absolute atomic E-state index is 11.6. The highest BCUT2D eigenvalue weighted by Crippen LogP contribution is 2.25. The summed E-state index contributed by atoms with van der Waals surface area (Å²) in [6, 6.07) is 1.63. The molecule has 5 heteroatoms. The third-order valence-corrected chi connectivity index (χ3v) is 2.65. The summed E-state index contributed by atoms with van der Waals surface area (Å²) in [4.78, 5) is 13.2. The Morgan fingerprint density at radius 3 is 3.00 bits per heavy atom. The Morgan fingerprint density at radius 1 is 1.79 bits per heavy atom. The summed E-state index contributed by atoms with van der Waals surface area (Å²) < 4.78 is 0. The lowest BCUT2D eigenvalue weighted by atomic mass is 9.91. The Bertz CT molecular complexity index is 328. The summed E-state index contributed by atoms with van der Waals surface area (Å²) >= 11 is 0. The number of nitrogens with zero attached hydrogens (tertiary/aromatic N) is 2. The molecule has 14 heavy (non-hydrogen) atoms. The van der Waals surface area contributed by atoms with Crippen molar-refractivity contribution in [3.8, 4) is 0 Å². The predicted molar refractivity (Wildman–Crippen MR) is 49.7 cm³/mol. The van der Waals surface area contributed by atoms with E-state index in [9.17, 15) is 9.90 Å². The van der Waals surface area contributed by atoms with E-state index >= 15 is 0 Å². The van der Waals surface area contributed by atoms with Crippen molar-refractivity contribution in [2.24, 2.45) is 0 Å². The Labute approximate surface area is 81.7 Å². The van der Waals surface area contributed by atoms with Crippen LogP contribution in [-0.2, 0) is 0 Å². The van der Waals surface area contributed by atoms with Crippen LogP contribution >= 0.6 is 0 Å². The summed E-state index contributed by atoms with van der Waals surface area (Å²) in [5.74, 6) is -0.0966. The van der Waals surface area contributed by atoms with Gasteiger partial charge < -0.3 is 10.0 Å². The number of amides is 1. The van der Waals surface area contributed by atoms with Crippen LogP contribution in [0.4, 0.5) is 0 Å². The molecule has 1 amide bonds. The number of aromatic amines is 1. The number of likely N-dealkylation sites (tertiary alicyclic amines) is 1. The average Bonchev–Trinajstić information content (AvgIpc) is 2.64. The Hall–Kier alpha value is -1.36. The van der Waals surface area contributed by atoms with Gasteiger partial charge in [0.25, 0.3) is 5.91 Å². The van der Waals surface area contributed by atoms with Crippen LogP contribution in [0.1, 0.15) is 23.8 Å². The lowest BCUT2D eigenvalue weighted by molar-refractivity contribution is -0.0828. The minimum Gasteiger partial charge on any atom is -0.386 e. The monoisotopic (exact) mass is 195 g/mol. The number of H-pyrrole nitrogens is 1. The number of hydrogen-bond acceptors (Lipinski definition) is 3. The summed E-state index contributed by atoms with van der Waals surface area (Å²) in [7, 11) is 0. The fraction of sp³-hybridized carbons (Fsp3) is 0.556. The second-order valence-electron chi connectivity index (χ2n) is 3.71. The summed E-state index contributed by atoms with van der Waals surface area (Å²) in [5.41, 5.74) is -0.196. The molecule has 1 aromatic rings. The average molecular weight is 195 g/mol. The zero-order chi connectivity index (χ0) is 10.2. The SMILES string of the molecule is CCC1(O)CN(C(=O)c2ccn[nH]2)C1. The lowest BCUT2D eigenvalue weighted by Crippen LogP contribution is -2.63. The Morgan fingerprint density at radius 2 is 2.50 bits per heavy atom. The second-order valence-corrected chi connectivity index (χ2v) is 3.71. The fourth-order valence-electron chi connectivity index (χ4n) is 1.58. The van der Waals surface area contributed by atoms with E-state index in [4.69, 9.17) is 0 Å². The maximum atomic E-state index is 11.6. The molecule has 5 nitrogen and oxygen atoms in total. The molecule has 1 aliphatic rings. The number of carbonyl (C=O) groups excluding carboxylic acids is 1. The highest BCUT2D eigenvalue weighted by Gasteiger charge is 2.42. The van der Waals surface area contributed by atoms with Gasteiger partial charge in [-0.15, -0.1) is 0 Å². The van der Waals surface area contributed by atoms with Crippen molar-refractivity contribution < 1.29 is 9.90 Å². The first-order valence-electron chi connectivity index (χ1n) is 4.66. The van der Waals surface area contributed by atoms with Gasteiger partial charge in [0.2, 0.25) is 0 Å². The molecule has 0 spiro atoms. The molecular weight excluding hydrogens is 182 g/mol. The second kappa shape index (κ2) is 3.09. The molecule has 2 heterocycles. The van der Waals surface area contributed by atoms with Crippen LogP contribution in [0.5, 0.6) is 0 Å². The third-order valence-electron chi connectivity index (χ3n) is 2.65. The zero-order valence-electron chi connectivity index (χ0n) is 8.03. The molecule has 0 saturated carbocycles. The van der Waals surface area contributed by atoms with E-state index in [1.807, 2.05) is 6.92 Å². The van der Waals surface area contributed by atoms with Crippen LogP contribution in [0.25, 0.3) is 0 Å².